The smallest absolute Gasteiger partial charge is 0.319 e. The molecule has 0 unspecified atom stereocenters. The van der Waals surface area contributed by atoms with Gasteiger partial charge in [-0.1, -0.05) is 42.5 Å². The van der Waals surface area contributed by atoms with Crippen LogP contribution in [0.2, 0.25) is 0 Å². The third kappa shape index (κ3) is 2.88. The number of nitrogens with one attached hydrogen (secondary N) is 1. The van der Waals surface area contributed by atoms with E-state index in [9.17, 15) is 14.0 Å². The quantitative estimate of drug-likeness (QED) is 0.927. The first-order chi connectivity index (χ1) is 11.1. The molecular formula is C17H16FN3O2. The molecule has 2 aromatic rings. The minimum Gasteiger partial charge on any atom is -0.319 e. The van der Waals surface area contributed by atoms with Gasteiger partial charge in [-0.3, -0.25) is 9.69 Å². The van der Waals surface area contributed by atoms with Crippen molar-refractivity contribution in [2.75, 3.05) is 18.9 Å². The number of benzene rings is 2. The van der Waals surface area contributed by atoms with Crippen LogP contribution in [-0.2, 0) is 4.79 Å². The number of halogens is 1. The van der Waals surface area contributed by atoms with Gasteiger partial charge in [0.05, 0.1) is 5.69 Å². The summed E-state index contributed by atoms with van der Waals surface area (Å²) >= 11 is 0. The molecule has 1 fully saturated rings. The number of urea groups is 1. The van der Waals surface area contributed by atoms with Gasteiger partial charge in [-0.05, 0) is 17.7 Å². The summed E-state index contributed by atoms with van der Waals surface area (Å²) in [6, 6.07) is 14.7. The number of hydrogen-bond acceptors (Lipinski definition) is 2. The van der Waals surface area contributed by atoms with Crippen LogP contribution in [0.3, 0.4) is 0 Å². The summed E-state index contributed by atoms with van der Waals surface area (Å²) < 4.78 is 13.7. The fourth-order valence-corrected chi connectivity index (χ4v) is 2.65. The van der Waals surface area contributed by atoms with Crippen molar-refractivity contribution < 1.29 is 14.0 Å². The van der Waals surface area contributed by atoms with Crippen LogP contribution in [0.25, 0.3) is 0 Å². The number of anilines is 1. The van der Waals surface area contributed by atoms with E-state index in [0.717, 1.165) is 5.56 Å². The summed E-state index contributed by atoms with van der Waals surface area (Å²) in [5.74, 6) is -0.682. The van der Waals surface area contributed by atoms with E-state index in [1.165, 1.54) is 21.9 Å². The molecule has 23 heavy (non-hydrogen) atoms. The van der Waals surface area contributed by atoms with Crippen LogP contribution in [0.5, 0.6) is 0 Å². The van der Waals surface area contributed by atoms with Crippen LogP contribution in [0.4, 0.5) is 14.9 Å². The van der Waals surface area contributed by atoms with Gasteiger partial charge in [0, 0.05) is 7.05 Å². The molecule has 1 atom stereocenters. The van der Waals surface area contributed by atoms with Crippen molar-refractivity contribution >= 4 is 17.6 Å². The number of rotatable bonds is 2. The van der Waals surface area contributed by atoms with Gasteiger partial charge in [-0.2, -0.15) is 0 Å². The van der Waals surface area contributed by atoms with Gasteiger partial charge < -0.3 is 10.2 Å². The molecule has 0 saturated carbocycles. The van der Waals surface area contributed by atoms with Crippen LogP contribution < -0.4 is 5.32 Å². The first-order valence-electron chi connectivity index (χ1n) is 7.20. The predicted octanol–water partition coefficient (Wildman–Crippen LogP) is 2.83. The van der Waals surface area contributed by atoms with Gasteiger partial charge in [0.25, 0.3) is 0 Å². The molecule has 3 rings (SSSR count). The maximum Gasteiger partial charge on any atom is 0.324 e. The van der Waals surface area contributed by atoms with Crippen LogP contribution in [0, 0.1) is 5.82 Å². The molecule has 0 bridgehead atoms. The Morgan fingerprint density at radius 3 is 2.48 bits per heavy atom. The summed E-state index contributed by atoms with van der Waals surface area (Å²) in [7, 11) is 1.65. The normalized spacial score (nSPS) is 17.5. The maximum atomic E-state index is 13.7. The van der Waals surface area contributed by atoms with Crippen molar-refractivity contribution in [1.82, 2.24) is 9.80 Å². The molecule has 1 aliphatic rings. The first kappa shape index (κ1) is 15.0. The summed E-state index contributed by atoms with van der Waals surface area (Å²) in [5, 5.41) is 2.53. The first-order valence-corrected chi connectivity index (χ1v) is 7.20. The fraction of sp³-hybridized carbons (Fsp3) is 0.176. The van der Waals surface area contributed by atoms with E-state index in [-0.39, 0.29) is 18.1 Å². The molecule has 118 valence electrons. The average Bonchev–Trinajstić information content (AvgIpc) is 2.86. The molecule has 5 nitrogen and oxygen atoms in total. The van der Waals surface area contributed by atoms with Gasteiger partial charge >= 0.3 is 6.03 Å². The van der Waals surface area contributed by atoms with Crippen LogP contribution >= 0.6 is 0 Å². The third-order valence-corrected chi connectivity index (χ3v) is 3.84. The number of carbonyl (C=O) groups excluding carboxylic acids is 2. The monoisotopic (exact) mass is 313 g/mol. The van der Waals surface area contributed by atoms with Crippen molar-refractivity contribution in [2.24, 2.45) is 0 Å². The zero-order chi connectivity index (χ0) is 16.4. The highest BCUT2D eigenvalue weighted by Gasteiger charge is 2.39. The highest BCUT2D eigenvalue weighted by atomic mass is 19.1. The maximum absolute atomic E-state index is 13.7. The van der Waals surface area contributed by atoms with Gasteiger partial charge in [0.15, 0.2) is 0 Å². The van der Waals surface area contributed by atoms with E-state index in [4.69, 9.17) is 0 Å². The molecule has 0 spiro atoms. The average molecular weight is 313 g/mol. The molecule has 1 aliphatic heterocycles. The molecule has 0 aromatic heterocycles. The highest BCUT2D eigenvalue weighted by molar-refractivity contribution is 5.94. The lowest BCUT2D eigenvalue weighted by Gasteiger charge is -2.28. The SMILES string of the molecule is CN1C(=O)CN(C(=O)Nc2ccccc2F)[C@@H]1c1ccccc1. The molecule has 3 amide bonds. The van der Waals surface area contributed by atoms with Crippen molar-refractivity contribution in [1.29, 1.82) is 0 Å². The minimum atomic E-state index is -0.518. The van der Waals surface area contributed by atoms with Crippen LogP contribution in [0.1, 0.15) is 11.7 Å². The number of likely N-dealkylation sites (N-methyl/N-ethyl adjacent to an activating group) is 1. The Morgan fingerprint density at radius 2 is 1.78 bits per heavy atom. The molecule has 1 saturated heterocycles. The zero-order valence-corrected chi connectivity index (χ0v) is 12.6. The summed E-state index contributed by atoms with van der Waals surface area (Å²) in [5.41, 5.74) is 0.913. The summed E-state index contributed by atoms with van der Waals surface area (Å²) in [4.78, 5) is 27.4. The lowest BCUT2D eigenvalue weighted by molar-refractivity contribution is -0.126. The molecule has 1 N–H and O–H groups in total. The van der Waals surface area contributed by atoms with Crippen molar-refractivity contribution in [3.05, 3.63) is 66.0 Å². The molecular weight excluding hydrogens is 297 g/mol. The molecule has 6 heteroatoms. The number of amides is 3. The van der Waals surface area contributed by atoms with Gasteiger partial charge in [-0.25, -0.2) is 9.18 Å². The second kappa shape index (κ2) is 6.08. The number of para-hydroxylation sites is 1. The number of nitrogens with zero attached hydrogens (tertiary/aromatic N) is 2. The minimum absolute atomic E-state index is 0.0453. The van der Waals surface area contributed by atoms with Crippen molar-refractivity contribution in [2.45, 2.75) is 6.17 Å². The molecule has 2 aromatic carbocycles. The lowest BCUT2D eigenvalue weighted by atomic mass is 10.1. The van der Waals surface area contributed by atoms with E-state index in [2.05, 4.69) is 5.32 Å². The summed E-state index contributed by atoms with van der Waals surface area (Å²) in [6.07, 6.45) is -0.504. The Bertz CT molecular complexity index is 736. The van der Waals surface area contributed by atoms with Gasteiger partial charge in [0.1, 0.15) is 18.5 Å². The zero-order valence-electron chi connectivity index (χ0n) is 12.6. The standard InChI is InChI=1S/C17H16FN3O2/c1-20-15(22)11-21(16(20)12-7-3-2-4-8-12)17(23)19-14-10-6-5-9-13(14)18/h2-10,16H,11H2,1H3,(H,19,23)/t16-/m1/s1. The third-order valence-electron chi connectivity index (χ3n) is 3.84. The summed E-state index contributed by atoms with van der Waals surface area (Å²) in [6.45, 7) is -0.0453. The van der Waals surface area contributed by atoms with Crippen LogP contribution in [0.15, 0.2) is 54.6 Å². The van der Waals surface area contributed by atoms with E-state index < -0.39 is 18.0 Å². The van der Waals surface area contributed by atoms with Crippen molar-refractivity contribution in [3.63, 3.8) is 0 Å². The molecule has 0 aliphatic carbocycles. The second-order valence-corrected chi connectivity index (χ2v) is 5.33. The van der Waals surface area contributed by atoms with E-state index in [1.807, 2.05) is 30.3 Å². The molecule has 0 radical (unpaired) electrons. The topological polar surface area (TPSA) is 52.7 Å². The number of carbonyl (C=O) groups is 2. The Hall–Kier alpha value is -2.89. The second-order valence-electron chi connectivity index (χ2n) is 5.33. The molecule has 1 heterocycles. The van der Waals surface area contributed by atoms with E-state index in [0.29, 0.717) is 0 Å². The Balaban J connectivity index is 1.86. The van der Waals surface area contributed by atoms with E-state index >= 15 is 0 Å². The Kier molecular flexibility index (Phi) is 3.97. The largest absolute Gasteiger partial charge is 0.324 e. The number of hydrogen-bond donors (Lipinski definition) is 1. The fourth-order valence-electron chi connectivity index (χ4n) is 2.65. The Morgan fingerprint density at radius 1 is 1.13 bits per heavy atom. The van der Waals surface area contributed by atoms with E-state index in [1.54, 1.807) is 19.2 Å². The van der Waals surface area contributed by atoms with Crippen molar-refractivity contribution in [3.8, 4) is 0 Å². The predicted molar refractivity (Wildman–Crippen MR) is 84.1 cm³/mol. The van der Waals surface area contributed by atoms with Gasteiger partial charge in [-0.15, -0.1) is 0 Å². The van der Waals surface area contributed by atoms with Crippen LogP contribution in [-0.4, -0.2) is 35.3 Å². The lowest BCUT2D eigenvalue weighted by Crippen LogP contribution is -2.37. The highest BCUT2D eigenvalue weighted by Crippen LogP contribution is 2.30. The van der Waals surface area contributed by atoms with Gasteiger partial charge in [0.2, 0.25) is 5.91 Å². The Labute approximate surface area is 133 Å².